The predicted molar refractivity (Wildman–Crippen MR) is 202 cm³/mol. The molecule has 6 aromatic rings. The smallest absolute Gasteiger partial charge is 0.0898 e. The topological polar surface area (TPSA) is 77.3 Å². The number of pyridine rings is 6. The molecule has 0 aromatic carbocycles. The lowest BCUT2D eigenvalue weighted by atomic mass is 9.40. The summed E-state index contributed by atoms with van der Waals surface area (Å²) in [5, 5.41) is 0. The third kappa shape index (κ3) is 6.46. The van der Waals surface area contributed by atoms with Gasteiger partial charge in [0.1, 0.15) is 0 Å². The summed E-state index contributed by atoms with van der Waals surface area (Å²) >= 11 is 0. The second-order valence-corrected chi connectivity index (χ2v) is 14.5. The summed E-state index contributed by atoms with van der Waals surface area (Å²) in [6.45, 7) is 0. The van der Waals surface area contributed by atoms with Crippen molar-refractivity contribution in [1.82, 2.24) is 29.9 Å². The van der Waals surface area contributed by atoms with Crippen molar-refractivity contribution < 1.29 is 0 Å². The quantitative estimate of drug-likeness (QED) is 0.176. The molecule has 4 fully saturated rings. The van der Waals surface area contributed by atoms with Crippen LogP contribution in [0.2, 0.25) is 0 Å². The van der Waals surface area contributed by atoms with Crippen molar-refractivity contribution in [3.05, 3.63) is 145 Å². The van der Waals surface area contributed by atoms with E-state index in [9.17, 15) is 0 Å². The van der Waals surface area contributed by atoms with Gasteiger partial charge >= 0.3 is 0 Å². The van der Waals surface area contributed by atoms with Gasteiger partial charge in [-0.25, -0.2) is 0 Å². The first-order chi connectivity index (χ1) is 25.5. The number of hydrogen-bond donors (Lipinski definition) is 0. The van der Waals surface area contributed by atoms with Gasteiger partial charge in [-0.05, 0) is 117 Å². The molecule has 6 heteroatoms. The summed E-state index contributed by atoms with van der Waals surface area (Å²) in [6.07, 6.45) is 16.9. The first kappa shape index (κ1) is 31.6. The Morgan fingerprint density at radius 1 is 0.385 bits per heavy atom. The van der Waals surface area contributed by atoms with Gasteiger partial charge < -0.3 is 0 Å². The fraction of sp³-hybridized carbons (Fsp3) is 0.217. The van der Waals surface area contributed by atoms with Gasteiger partial charge in [0.25, 0.3) is 0 Å². The molecule has 0 radical (unpaired) electrons. The molecule has 0 atom stereocenters. The molecule has 0 amide bonds. The van der Waals surface area contributed by atoms with E-state index in [-0.39, 0.29) is 16.2 Å². The lowest BCUT2D eigenvalue weighted by Crippen LogP contribution is -2.55. The molecule has 4 bridgehead atoms. The lowest BCUT2D eigenvalue weighted by Gasteiger charge is -2.62. The molecule has 6 heterocycles. The van der Waals surface area contributed by atoms with Crippen molar-refractivity contribution in [3.63, 3.8) is 0 Å². The fourth-order valence-electron chi connectivity index (χ4n) is 8.96. The largest absolute Gasteiger partial charge is 0.255 e. The number of hydrogen-bond acceptors (Lipinski definition) is 6. The van der Waals surface area contributed by atoms with Crippen molar-refractivity contribution in [2.45, 2.75) is 38.5 Å². The van der Waals surface area contributed by atoms with Gasteiger partial charge in [0.2, 0.25) is 0 Å². The van der Waals surface area contributed by atoms with Crippen molar-refractivity contribution in [1.29, 1.82) is 0 Å². The molecule has 4 aliphatic carbocycles. The summed E-state index contributed by atoms with van der Waals surface area (Å²) in [5.74, 6) is 22.9. The highest BCUT2D eigenvalue weighted by Crippen LogP contribution is 2.69. The maximum absolute atomic E-state index is 4.58. The minimum Gasteiger partial charge on any atom is -0.255 e. The molecule has 0 spiro atoms. The Kier molecular flexibility index (Phi) is 7.91. The molecular formula is C46H34N6. The van der Waals surface area contributed by atoms with Gasteiger partial charge in [-0.3, -0.25) is 29.9 Å². The molecule has 4 saturated carbocycles. The fourth-order valence-corrected chi connectivity index (χ4v) is 8.96. The summed E-state index contributed by atoms with van der Waals surface area (Å²) in [6, 6.07) is 29.8. The lowest BCUT2D eigenvalue weighted by molar-refractivity contribution is -0.0837. The van der Waals surface area contributed by atoms with E-state index in [1.807, 2.05) is 110 Å². The molecule has 52 heavy (non-hydrogen) atoms. The normalized spacial score (nSPS) is 23.7. The average Bonchev–Trinajstić information content (AvgIpc) is 3.20. The Balaban J connectivity index is 1.09. The van der Waals surface area contributed by atoms with Crippen molar-refractivity contribution in [2.24, 2.45) is 22.2 Å². The van der Waals surface area contributed by atoms with E-state index in [0.717, 1.165) is 89.4 Å². The van der Waals surface area contributed by atoms with Crippen LogP contribution in [0.4, 0.5) is 0 Å². The Bertz CT molecular complexity index is 2180. The van der Waals surface area contributed by atoms with Gasteiger partial charge in [-0.15, -0.1) is 0 Å². The Labute approximate surface area is 304 Å². The van der Waals surface area contributed by atoms with Gasteiger partial charge in [-0.2, -0.15) is 0 Å². The molecule has 6 aromatic heterocycles. The van der Waals surface area contributed by atoms with Crippen LogP contribution in [-0.2, 0) is 0 Å². The summed E-state index contributed by atoms with van der Waals surface area (Å²) in [7, 11) is 0. The van der Waals surface area contributed by atoms with Crippen LogP contribution in [0.15, 0.2) is 128 Å². The van der Waals surface area contributed by atoms with Crippen LogP contribution in [0.1, 0.15) is 55.2 Å². The summed E-state index contributed by atoms with van der Waals surface area (Å²) < 4.78 is 0. The molecule has 0 unspecified atom stereocenters. The minimum absolute atomic E-state index is 0.189. The van der Waals surface area contributed by atoms with E-state index >= 15 is 0 Å². The van der Waals surface area contributed by atoms with Gasteiger partial charge in [0, 0.05) is 70.1 Å². The third-order valence-corrected chi connectivity index (χ3v) is 10.5. The number of aromatic nitrogens is 6. The Hall–Kier alpha value is -6.42. The number of nitrogens with zero attached hydrogens (tertiary/aromatic N) is 6. The van der Waals surface area contributed by atoms with Crippen LogP contribution in [0, 0.1) is 57.7 Å². The minimum atomic E-state index is -0.189. The molecule has 248 valence electrons. The maximum atomic E-state index is 4.58. The highest BCUT2D eigenvalue weighted by molar-refractivity contribution is 5.59. The van der Waals surface area contributed by atoms with Crippen molar-refractivity contribution >= 4 is 0 Å². The molecular weight excluding hydrogens is 637 g/mol. The van der Waals surface area contributed by atoms with Crippen molar-refractivity contribution in [3.8, 4) is 69.7 Å². The van der Waals surface area contributed by atoms with Crippen LogP contribution in [0.25, 0.3) is 34.2 Å². The van der Waals surface area contributed by atoms with Crippen LogP contribution in [0.3, 0.4) is 0 Å². The van der Waals surface area contributed by atoms with Crippen LogP contribution in [-0.4, -0.2) is 29.9 Å². The van der Waals surface area contributed by atoms with Crippen LogP contribution < -0.4 is 0 Å². The second-order valence-electron chi connectivity index (χ2n) is 14.5. The van der Waals surface area contributed by atoms with E-state index < -0.39 is 0 Å². The molecule has 6 nitrogen and oxygen atoms in total. The Morgan fingerprint density at radius 2 is 0.712 bits per heavy atom. The highest BCUT2D eigenvalue weighted by atomic mass is 14.8. The van der Waals surface area contributed by atoms with E-state index in [4.69, 9.17) is 0 Å². The molecule has 0 aliphatic heterocycles. The zero-order valence-electron chi connectivity index (χ0n) is 28.6. The zero-order chi connectivity index (χ0) is 34.9. The summed E-state index contributed by atoms with van der Waals surface area (Å²) in [4.78, 5) is 27.2. The number of rotatable bonds is 3. The molecule has 10 rings (SSSR count). The first-order valence-corrected chi connectivity index (χ1v) is 17.8. The second kappa shape index (κ2) is 13.0. The molecule has 4 aliphatic rings. The standard InChI is InChI=1S/C46H34N6/c1-4-19-47-38(7-1)41-25-34(13-22-50-41)10-16-44-28-37-29-45(31-44,17-11-35-14-23-51-42(26-35)39-8-2-5-20-48-39)33-46(30-37,32-44)18-12-36-15-24-52-43(27-36)40-9-3-6-21-49-40/h1-9,13-15,19-27,37H,28-33H2. The third-order valence-electron chi connectivity index (χ3n) is 10.5. The zero-order valence-corrected chi connectivity index (χ0v) is 28.6. The van der Waals surface area contributed by atoms with E-state index in [2.05, 4.69) is 65.4 Å². The predicted octanol–water partition coefficient (Wildman–Crippen LogP) is 8.47. The van der Waals surface area contributed by atoms with E-state index in [1.54, 1.807) is 18.6 Å². The van der Waals surface area contributed by atoms with E-state index in [0.29, 0.717) is 5.92 Å². The molecule has 0 N–H and O–H groups in total. The first-order valence-electron chi connectivity index (χ1n) is 17.8. The van der Waals surface area contributed by atoms with Gasteiger partial charge in [0.05, 0.1) is 34.2 Å². The van der Waals surface area contributed by atoms with E-state index in [1.165, 1.54) is 0 Å². The maximum Gasteiger partial charge on any atom is 0.0898 e. The summed E-state index contributed by atoms with van der Waals surface area (Å²) in [5.41, 5.74) is 7.28. The van der Waals surface area contributed by atoms with Gasteiger partial charge in [-0.1, -0.05) is 53.7 Å². The van der Waals surface area contributed by atoms with Gasteiger partial charge in [0.15, 0.2) is 0 Å². The van der Waals surface area contributed by atoms with Crippen LogP contribution >= 0.6 is 0 Å². The molecule has 0 saturated heterocycles. The SMILES string of the molecule is C(#CC12CC3CC(C#Cc4ccnc(-c5ccccn5)c4)(C1)CC(C#Cc1ccnc(-c4ccccn4)c1)(C3)C2)c1ccnc(-c2ccccn2)c1. The van der Waals surface area contributed by atoms with Crippen molar-refractivity contribution in [2.75, 3.05) is 0 Å². The average molecular weight is 671 g/mol. The van der Waals surface area contributed by atoms with Crippen LogP contribution in [0.5, 0.6) is 0 Å². The Morgan fingerprint density at radius 3 is 1.02 bits per heavy atom. The highest BCUT2D eigenvalue weighted by Gasteiger charge is 2.62. The monoisotopic (exact) mass is 670 g/mol.